The lowest BCUT2D eigenvalue weighted by Gasteiger charge is -2.17. The Balaban J connectivity index is 3.15. The highest BCUT2D eigenvalue weighted by molar-refractivity contribution is 6.17. The lowest BCUT2D eigenvalue weighted by Crippen LogP contribution is -2.25. The molecule has 0 N–H and O–H groups in total. The van der Waals surface area contributed by atoms with Gasteiger partial charge in [-0.15, -0.1) is 11.6 Å². The van der Waals surface area contributed by atoms with Gasteiger partial charge in [0.2, 0.25) is 0 Å². The third-order valence-corrected chi connectivity index (χ3v) is 2.11. The normalized spacial score (nSPS) is 11.5. The Kier molecular flexibility index (Phi) is 8.93. The standard InChI is InChI=1S/C10H22ClNO/c1-10(2)13-9-8-12(3)7-5-4-6-11/h10H,4-9H2,1-3H3. The van der Waals surface area contributed by atoms with Gasteiger partial charge in [-0.05, 0) is 40.3 Å². The Morgan fingerprint density at radius 1 is 1.23 bits per heavy atom. The van der Waals surface area contributed by atoms with E-state index in [-0.39, 0.29) is 0 Å². The molecular formula is C10H22ClNO. The number of halogens is 1. The van der Waals surface area contributed by atoms with Gasteiger partial charge in [0, 0.05) is 12.4 Å². The largest absolute Gasteiger partial charge is 0.377 e. The van der Waals surface area contributed by atoms with Crippen LogP contribution in [0.5, 0.6) is 0 Å². The molecule has 80 valence electrons. The van der Waals surface area contributed by atoms with Gasteiger partial charge in [-0.3, -0.25) is 0 Å². The molecular weight excluding hydrogens is 186 g/mol. The molecule has 0 radical (unpaired) electrons. The third kappa shape index (κ3) is 10.1. The van der Waals surface area contributed by atoms with Crippen molar-refractivity contribution in [2.45, 2.75) is 32.8 Å². The lowest BCUT2D eigenvalue weighted by molar-refractivity contribution is 0.0637. The van der Waals surface area contributed by atoms with Crippen molar-refractivity contribution < 1.29 is 4.74 Å². The molecule has 0 saturated heterocycles. The highest BCUT2D eigenvalue weighted by atomic mass is 35.5. The molecule has 0 spiro atoms. The van der Waals surface area contributed by atoms with Crippen molar-refractivity contribution in [2.75, 3.05) is 32.6 Å². The van der Waals surface area contributed by atoms with Gasteiger partial charge in [-0.2, -0.15) is 0 Å². The Bertz CT molecular complexity index is 109. The van der Waals surface area contributed by atoms with Crippen LogP contribution in [0.1, 0.15) is 26.7 Å². The van der Waals surface area contributed by atoms with Crippen molar-refractivity contribution in [3.8, 4) is 0 Å². The second-order valence-corrected chi connectivity index (χ2v) is 4.00. The van der Waals surface area contributed by atoms with Crippen molar-refractivity contribution in [2.24, 2.45) is 0 Å². The van der Waals surface area contributed by atoms with Gasteiger partial charge in [0.25, 0.3) is 0 Å². The number of rotatable bonds is 8. The van der Waals surface area contributed by atoms with Crippen LogP contribution in [-0.2, 0) is 4.74 Å². The van der Waals surface area contributed by atoms with Crippen molar-refractivity contribution in [1.82, 2.24) is 4.90 Å². The Hall–Kier alpha value is 0.210. The smallest absolute Gasteiger partial charge is 0.0596 e. The minimum atomic E-state index is 0.344. The Morgan fingerprint density at radius 3 is 2.46 bits per heavy atom. The molecule has 0 saturated carbocycles. The summed E-state index contributed by atoms with van der Waals surface area (Å²) < 4.78 is 5.45. The van der Waals surface area contributed by atoms with Crippen molar-refractivity contribution >= 4 is 11.6 Å². The molecule has 0 atom stereocenters. The van der Waals surface area contributed by atoms with E-state index in [1.807, 2.05) is 0 Å². The molecule has 13 heavy (non-hydrogen) atoms. The van der Waals surface area contributed by atoms with Crippen molar-refractivity contribution in [1.29, 1.82) is 0 Å². The summed E-state index contributed by atoms with van der Waals surface area (Å²) in [6, 6.07) is 0. The van der Waals surface area contributed by atoms with E-state index in [0.717, 1.165) is 32.0 Å². The fraction of sp³-hybridized carbons (Fsp3) is 1.00. The van der Waals surface area contributed by atoms with Crippen LogP contribution >= 0.6 is 11.6 Å². The average Bonchev–Trinajstić information content (AvgIpc) is 2.04. The van der Waals surface area contributed by atoms with E-state index in [2.05, 4.69) is 25.8 Å². The van der Waals surface area contributed by atoms with Gasteiger partial charge in [0.05, 0.1) is 12.7 Å². The van der Waals surface area contributed by atoms with Crippen molar-refractivity contribution in [3.63, 3.8) is 0 Å². The monoisotopic (exact) mass is 207 g/mol. The van der Waals surface area contributed by atoms with Crippen LogP contribution in [0.25, 0.3) is 0 Å². The highest BCUT2D eigenvalue weighted by Gasteiger charge is 1.98. The molecule has 0 heterocycles. The summed E-state index contributed by atoms with van der Waals surface area (Å²) in [5.41, 5.74) is 0. The summed E-state index contributed by atoms with van der Waals surface area (Å²) in [6.07, 6.45) is 2.63. The zero-order chi connectivity index (χ0) is 10.1. The van der Waals surface area contributed by atoms with Crippen LogP contribution in [0.3, 0.4) is 0 Å². The minimum Gasteiger partial charge on any atom is -0.377 e. The first-order chi connectivity index (χ1) is 6.16. The molecule has 0 rings (SSSR count). The van der Waals surface area contributed by atoms with Crippen LogP contribution in [0.15, 0.2) is 0 Å². The summed E-state index contributed by atoms with van der Waals surface area (Å²) in [6.45, 7) is 7.09. The maximum absolute atomic E-state index is 5.59. The van der Waals surface area contributed by atoms with Crippen LogP contribution in [0.4, 0.5) is 0 Å². The average molecular weight is 208 g/mol. The van der Waals surface area contributed by atoms with E-state index in [9.17, 15) is 0 Å². The minimum absolute atomic E-state index is 0.344. The predicted molar refractivity (Wildman–Crippen MR) is 58.5 cm³/mol. The van der Waals surface area contributed by atoms with Crippen LogP contribution in [0.2, 0.25) is 0 Å². The number of hydrogen-bond acceptors (Lipinski definition) is 2. The Labute approximate surface area is 87.2 Å². The number of unbranched alkanes of at least 4 members (excludes halogenated alkanes) is 1. The molecule has 0 aliphatic rings. The molecule has 3 heteroatoms. The van der Waals surface area contributed by atoms with E-state index < -0.39 is 0 Å². The van der Waals surface area contributed by atoms with Crippen molar-refractivity contribution in [3.05, 3.63) is 0 Å². The van der Waals surface area contributed by atoms with E-state index in [4.69, 9.17) is 16.3 Å². The van der Waals surface area contributed by atoms with E-state index >= 15 is 0 Å². The summed E-state index contributed by atoms with van der Waals surface area (Å²) in [5.74, 6) is 0.774. The number of likely N-dealkylation sites (N-methyl/N-ethyl adjacent to an activating group) is 1. The van der Waals surface area contributed by atoms with E-state index in [1.165, 1.54) is 6.42 Å². The zero-order valence-electron chi connectivity index (χ0n) is 9.05. The summed E-state index contributed by atoms with van der Waals surface area (Å²) in [7, 11) is 2.12. The van der Waals surface area contributed by atoms with Gasteiger partial charge in [-0.25, -0.2) is 0 Å². The molecule has 0 unspecified atom stereocenters. The van der Waals surface area contributed by atoms with Gasteiger partial charge in [-0.1, -0.05) is 0 Å². The van der Waals surface area contributed by atoms with E-state index in [1.54, 1.807) is 0 Å². The molecule has 0 aliphatic heterocycles. The fourth-order valence-electron chi connectivity index (χ4n) is 1.03. The topological polar surface area (TPSA) is 12.5 Å². The first-order valence-corrected chi connectivity index (χ1v) is 5.56. The number of ether oxygens (including phenoxy) is 1. The molecule has 0 aromatic rings. The molecule has 0 aromatic heterocycles. The number of alkyl halides is 1. The second kappa shape index (κ2) is 8.79. The lowest BCUT2D eigenvalue weighted by atomic mass is 10.3. The first-order valence-electron chi connectivity index (χ1n) is 5.03. The van der Waals surface area contributed by atoms with E-state index in [0.29, 0.717) is 6.10 Å². The maximum Gasteiger partial charge on any atom is 0.0596 e. The summed E-state index contributed by atoms with van der Waals surface area (Å²) >= 11 is 5.59. The number of nitrogens with zero attached hydrogens (tertiary/aromatic N) is 1. The number of hydrogen-bond donors (Lipinski definition) is 0. The molecule has 2 nitrogen and oxygen atoms in total. The fourth-order valence-corrected chi connectivity index (χ4v) is 1.22. The SMILES string of the molecule is CC(C)OCCN(C)CCCCCl. The molecule has 0 amide bonds. The third-order valence-electron chi connectivity index (χ3n) is 1.85. The zero-order valence-corrected chi connectivity index (χ0v) is 9.81. The molecule has 0 fully saturated rings. The first kappa shape index (κ1) is 13.2. The van der Waals surface area contributed by atoms with Gasteiger partial charge in [0.1, 0.15) is 0 Å². The van der Waals surface area contributed by atoms with Crippen LogP contribution < -0.4 is 0 Å². The Morgan fingerprint density at radius 2 is 1.92 bits per heavy atom. The van der Waals surface area contributed by atoms with Gasteiger partial charge < -0.3 is 9.64 Å². The van der Waals surface area contributed by atoms with Crippen LogP contribution in [0, 0.1) is 0 Å². The maximum atomic E-state index is 5.59. The summed E-state index contributed by atoms with van der Waals surface area (Å²) in [5, 5.41) is 0. The van der Waals surface area contributed by atoms with Gasteiger partial charge >= 0.3 is 0 Å². The molecule has 0 aromatic carbocycles. The van der Waals surface area contributed by atoms with Gasteiger partial charge in [0.15, 0.2) is 0 Å². The molecule has 0 aliphatic carbocycles. The summed E-state index contributed by atoms with van der Waals surface area (Å²) in [4.78, 5) is 2.29. The highest BCUT2D eigenvalue weighted by Crippen LogP contribution is 1.95. The second-order valence-electron chi connectivity index (χ2n) is 3.62. The van der Waals surface area contributed by atoms with Crippen LogP contribution in [-0.4, -0.2) is 43.6 Å². The predicted octanol–water partition coefficient (Wildman–Crippen LogP) is 2.36. The quantitative estimate of drug-likeness (QED) is 0.448. The molecule has 0 bridgehead atoms.